The minimum absolute atomic E-state index is 0.0101. The molecule has 25 heavy (non-hydrogen) atoms. The number of hydrogen-bond acceptors (Lipinski definition) is 8. The number of rotatable bonds is 7. The van der Waals surface area contributed by atoms with E-state index in [-0.39, 0.29) is 30.6 Å². The van der Waals surface area contributed by atoms with Gasteiger partial charge in [0.1, 0.15) is 12.7 Å². The highest BCUT2D eigenvalue weighted by Crippen LogP contribution is 2.60. The molecule has 0 aromatic heterocycles. The van der Waals surface area contributed by atoms with Gasteiger partial charge in [-0.2, -0.15) is 8.42 Å². The topological polar surface area (TPSA) is 105 Å². The summed E-state index contributed by atoms with van der Waals surface area (Å²) in [5, 5.41) is -0.403. The summed E-state index contributed by atoms with van der Waals surface area (Å²) in [5.74, 6) is -1.23. The lowest BCUT2D eigenvalue weighted by Crippen LogP contribution is -2.47. The van der Waals surface area contributed by atoms with Gasteiger partial charge < -0.3 is 14.2 Å². The summed E-state index contributed by atoms with van der Waals surface area (Å²) in [6.07, 6.45) is 0.867. The molecule has 2 aliphatic carbocycles. The molecule has 0 aromatic rings. The lowest BCUT2D eigenvalue weighted by molar-refractivity contribution is -0.162. The molecule has 1 heterocycles. The Morgan fingerprint density at radius 2 is 1.96 bits per heavy atom. The number of fused-ring (bicyclic) bond motifs is 1. The minimum Gasteiger partial charge on any atom is -0.461 e. The number of ether oxygens (including phenoxy) is 3. The summed E-state index contributed by atoms with van der Waals surface area (Å²) < 4.78 is 44.7. The van der Waals surface area contributed by atoms with Crippen LogP contribution in [0, 0.1) is 11.8 Å². The molecule has 3 rings (SSSR count). The molecule has 9 heteroatoms. The van der Waals surface area contributed by atoms with Crippen molar-refractivity contribution in [1.29, 1.82) is 0 Å². The highest BCUT2D eigenvalue weighted by atomic mass is 32.2. The van der Waals surface area contributed by atoms with E-state index in [1.54, 1.807) is 0 Å². The molecule has 0 aromatic carbocycles. The van der Waals surface area contributed by atoms with E-state index in [0.29, 0.717) is 6.42 Å². The molecule has 8 nitrogen and oxygen atoms in total. The molecule has 2 saturated carbocycles. The zero-order valence-electron chi connectivity index (χ0n) is 14.2. The lowest BCUT2D eigenvalue weighted by Gasteiger charge is -2.36. The quantitative estimate of drug-likeness (QED) is 0.275. The predicted octanol–water partition coefficient (Wildman–Crippen LogP) is 0.561. The van der Waals surface area contributed by atoms with Crippen molar-refractivity contribution in [2.75, 3.05) is 19.8 Å². The molecule has 0 N–H and O–H groups in total. The minimum atomic E-state index is -3.49. The van der Waals surface area contributed by atoms with Crippen LogP contribution in [-0.2, 0) is 38.1 Å². The number of esters is 2. The van der Waals surface area contributed by atoms with Crippen molar-refractivity contribution in [3.8, 4) is 0 Å². The molecule has 140 valence electrons. The van der Waals surface area contributed by atoms with E-state index in [9.17, 15) is 18.0 Å². The molecule has 3 fully saturated rings. The number of carbonyl (C=O) groups is 2. The van der Waals surface area contributed by atoms with Gasteiger partial charge >= 0.3 is 11.9 Å². The molecule has 0 radical (unpaired) electrons. The van der Waals surface area contributed by atoms with E-state index in [2.05, 4.69) is 11.3 Å². The zero-order valence-corrected chi connectivity index (χ0v) is 15.0. The Morgan fingerprint density at radius 3 is 2.64 bits per heavy atom. The highest BCUT2D eigenvalue weighted by molar-refractivity contribution is 7.87. The van der Waals surface area contributed by atoms with E-state index in [0.717, 1.165) is 6.42 Å². The third-order valence-electron chi connectivity index (χ3n) is 5.35. The molecule has 5 atom stereocenters. The molecular formula is C16H22O8S. The molecule has 2 bridgehead atoms. The van der Waals surface area contributed by atoms with Crippen molar-refractivity contribution in [1.82, 2.24) is 0 Å². The van der Waals surface area contributed by atoms with E-state index in [4.69, 9.17) is 13.7 Å². The Hall–Kier alpha value is -1.45. The average Bonchev–Trinajstić information content (AvgIpc) is 3.14. The molecule has 0 amide bonds. The third kappa shape index (κ3) is 3.20. The third-order valence-corrected chi connectivity index (χ3v) is 7.11. The first-order valence-electron chi connectivity index (χ1n) is 8.19. The van der Waals surface area contributed by atoms with E-state index in [1.165, 1.54) is 6.92 Å². The van der Waals surface area contributed by atoms with Gasteiger partial charge in [-0.05, 0) is 32.6 Å². The van der Waals surface area contributed by atoms with Crippen molar-refractivity contribution < 1.29 is 36.4 Å². The Morgan fingerprint density at radius 1 is 1.24 bits per heavy atom. The van der Waals surface area contributed by atoms with Gasteiger partial charge in [0.05, 0.1) is 17.5 Å². The van der Waals surface area contributed by atoms with Crippen LogP contribution in [0.5, 0.6) is 0 Å². The van der Waals surface area contributed by atoms with Crippen LogP contribution in [0.25, 0.3) is 0 Å². The predicted molar refractivity (Wildman–Crippen MR) is 84.9 cm³/mol. The lowest BCUT2D eigenvalue weighted by atomic mass is 9.83. The van der Waals surface area contributed by atoms with Gasteiger partial charge in [-0.25, -0.2) is 9.59 Å². The smallest absolute Gasteiger partial charge is 0.344 e. The number of hydrogen-bond donors (Lipinski definition) is 0. The summed E-state index contributed by atoms with van der Waals surface area (Å²) in [6, 6.07) is 0. The van der Waals surface area contributed by atoms with E-state index < -0.39 is 45.6 Å². The maximum atomic E-state index is 12.0. The van der Waals surface area contributed by atoms with Gasteiger partial charge in [0, 0.05) is 11.5 Å². The molecule has 0 spiro atoms. The van der Waals surface area contributed by atoms with E-state index >= 15 is 0 Å². The average molecular weight is 374 g/mol. The monoisotopic (exact) mass is 374 g/mol. The number of carbonyl (C=O) groups excluding carboxylic acids is 2. The maximum Gasteiger partial charge on any atom is 0.344 e. The first-order chi connectivity index (χ1) is 11.6. The van der Waals surface area contributed by atoms with Crippen LogP contribution in [0.1, 0.15) is 26.7 Å². The van der Waals surface area contributed by atoms with Crippen LogP contribution in [0.15, 0.2) is 12.2 Å². The van der Waals surface area contributed by atoms with Gasteiger partial charge in [-0.1, -0.05) is 6.58 Å². The van der Waals surface area contributed by atoms with Crippen LogP contribution >= 0.6 is 0 Å². The van der Waals surface area contributed by atoms with Crippen molar-refractivity contribution >= 4 is 22.1 Å². The molecule has 1 aliphatic heterocycles. The zero-order chi connectivity index (χ0) is 18.4. The fourth-order valence-corrected chi connectivity index (χ4v) is 6.01. The summed E-state index contributed by atoms with van der Waals surface area (Å²) in [5.41, 5.74) is -0.492. The molecule has 3 aliphatic rings. The second kappa shape index (κ2) is 6.37. The Balaban J connectivity index is 1.43. The normalized spacial score (nSPS) is 37.0. The first kappa shape index (κ1) is 18.3. The van der Waals surface area contributed by atoms with Crippen molar-refractivity contribution in [3.63, 3.8) is 0 Å². The Bertz CT molecular complexity index is 699. The van der Waals surface area contributed by atoms with Gasteiger partial charge in [0.2, 0.25) is 0 Å². The van der Waals surface area contributed by atoms with Gasteiger partial charge in [0.15, 0.2) is 6.61 Å². The van der Waals surface area contributed by atoms with Crippen LogP contribution in [0.2, 0.25) is 0 Å². The van der Waals surface area contributed by atoms with Crippen molar-refractivity contribution in [2.45, 2.75) is 43.6 Å². The van der Waals surface area contributed by atoms with Crippen molar-refractivity contribution in [2.24, 2.45) is 11.8 Å². The molecular weight excluding hydrogens is 352 g/mol. The SMILES string of the molecule is C=C(C)C(=O)OCC(=O)OCCOC1(C)C2CC3C1OS(=O)(=O)C3C2. The summed E-state index contributed by atoms with van der Waals surface area (Å²) in [6.45, 7) is 6.36. The second-order valence-corrected chi connectivity index (χ2v) is 8.77. The Kier molecular flexibility index (Phi) is 4.67. The van der Waals surface area contributed by atoms with Crippen LogP contribution in [0.4, 0.5) is 0 Å². The summed E-state index contributed by atoms with van der Waals surface area (Å²) in [7, 11) is -3.49. The Labute approximate surface area is 146 Å². The summed E-state index contributed by atoms with van der Waals surface area (Å²) >= 11 is 0. The molecule has 1 saturated heterocycles. The van der Waals surface area contributed by atoms with Crippen LogP contribution < -0.4 is 0 Å². The first-order valence-corrected chi connectivity index (χ1v) is 9.66. The van der Waals surface area contributed by atoms with Crippen molar-refractivity contribution in [3.05, 3.63) is 12.2 Å². The highest BCUT2D eigenvalue weighted by Gasteiger charge is 2.69. The van der Waals surface area contributed by atoms with Crippen LogP contribution in [-0.4, -0.2) is 57.1 Å². The fourth-order valence-electron chi connectivity index (χ4n) is 4.10. The standard InChI is InChI=1S/C16H22O8S/c1-9(2)15(18)22-8-13(17)21-4-5-23-16(3)10-6-11-12(7-10)25(19,20)24-14(11)16/h10-12,14H,1,4-8H2,2-3H3. The molecule has 5 unspecified atom stereocenters. The van der Waals surface area contributed by atoms with Gasteiger partial charge in [-0.3, -0.25) is 4.18 Å². The fraction of sp³-hybridized carbons (Fsp3) is 0.750. The van der Waals surface area contributed by atoms with Gasteiger partial charge in [0.25, 0.3) is 10.1 Å². The van der Waals surface area contributed by atoms with Crippen LogP contribution in [0.3, 0.4) is 0 Å². The van der Waals surface area contributed by atoms with E-state index in [1.807, 2.05) is 6.92 Å². The second-order valence-electron chi connectivity index (χ2n) is 6.99. The maximum absolute atomic E-state index is 12.0. The summed E-state index contributed by atoms with van der Waals surface area (Å²) in [4.78, 5) is 22.7. The largest absolute Gasteiger partial charge is 0.461 e. The van der Waals surface area contributed by atoms with Gasteiger partial charge in [-0.15, -0.1) is 0 Å².